The minimum atomic E-state index is -0.568. The number of benzene rings is 3. The van der Waals surface area contributed by atoms with Crippen molar-refractivity contribution in [3.63, 3.8) is 0 Å². The van der Waals surface area contributed by atoms with Crippen molar-refractivity contribution in [2.24, 2.45) is 0 Å². The first-order valence-electron chi connectivity index (χ1n) is 13.1. The van der Waals surface area contributed by atoms with Crippen molar-refractivity contribution in [1.29, 1.82) is 0 Å². The molecular formula is C32H33N3O3. The first kappa shape index (κ1) is 25.6. The van der Waals surface area contributed by atoms with E-state index in [1.807, 2.05) is 30.3 Å². The molecule has 0 spiro atoms. The first-order chi connectivity index (χ1) is 18.6. The van der Waals surface area contributed by atoms with E-state index in [4.69, 9.17) is 4.74 Å². The summed E-state index contributed by atoms with van der Waals surface area (Å²) in [6.07, 6.45) is 3.74. The Kier molecular flexibility index (Phi) is 7.82. The highest BCUT2D eigenvalue weighted by atomic mass is 16.5. The number of nitrogens with zero attached hydrogens (tertiary/aromatic N) is 3. The molecule has 1 atom stereocenters. The summed E-state index contributed by atoms with van der Waals surface area (Å²) >= 11 is 0. The SMILES string of the molecule is CCOC(=O)Cn1ccc(/C=C2/CN(C(c3ccccc3)(c3ccccc3)c3ccccc3)CCC2O)n1. The monoisotopic (exact) mass is 507 g/mol. The van der Waals surface area contributed by atoms with Crippen molar-refractivity contribution in [3.05, 3.63) is 131 Å². The van der Waals surface area contributed by atoms with Crippen molar-refractivity contribution >= 4 is 12.0 Å². The van der Waals surface area contributed by atoms with Crippen molar-refractivity contribution in [2.75, 3.05) is 19.7 Å². The molecule has 1 aliphatic rings. The number of esters is 1. The van der Waals surface area contributed by atoms with Crippen LogP contribution in [0.3, 0.4) is 0 Å². The summed E-state index contributed by atoms with van der Waals surface area (Å²) in [5, 5.41) is 15.6. The Morgan fingerprint density at radius 3 is 2.03 bits per heavy atom. The van der Waals surface area contributed by atoms with E-state index < -0.39 is 11.6 Å². The van der Waals surface area contributed by atoms with Crippen LogP contribution in [0.5, 0.6) is 0 Å². The molecule has 1 aliphatic heterocycles. The van der Waals surface area contributed by atoms with E-state index in [0.717, 1.165) is 5.57 Å². The van der Waals surface area contributed by atoms with E-state index in [9.17, 15) is 9.90 Å². The van der Waals surface area contributed by atoms with Crippen LogP contribution in [0.15, 0.2) is 109 Å². The second kappa shape index (κ2) is 11.6. The highest BCUT2D eigenvalue weighted by molar-refractivity contribution is 5.69. The predicted octanol–water partition coefficient (Wildman–Crippen LogP) is 4.89. The highest BCUT2D eigenvalue weighted by Gasteiger charge is 2.44. The number of piperidine rings is 1. The second-order valence-electron chi connectivity index (χ2n) is 9.50. The number of likely N-dealkylation sites (tertiary alicyclic amines) is 1. The molecule has 1 fully saturated rings. The second-order valence-corrected chi connectivity index (χ2v) is 9.50. The zero-order valence-electron chi connectivity index (χ0n) is 21.6. The van der Waals surface area contributed by atoms with Crippen LogP contribution in [-0.4, -0.2) is 51.6 Å². The number of hydrogen-bond acceptors (Lipinski definition) is 5. The lowest BCUT2D eigenvalue weighted by atomic mass is 9.74. The number of carbonyl (C=O) groups excluding carboxylic acids is 1. The van der Waals surface area contributed by atoms with Gasteiger partial charge in [0.2, 0.25) is 0 Å². The Hall–Kier alpha value is -4.00. The molecule has 1 unspecified atom stereocenters. The largest absolute Gasteiger partial charge is 0.465 e. The summed E-state index contributed by atoms with van der Waals surface area (Å²) in [7, 11) is 0. The van der Waals surface area contributed by atoms with Crippen molar-refractivity contribution in [1.82, 2.24) is 14.7 Å². The average molecular weight is 508 g/mol. The quantitative estimate of drug-likeness (QED) is 0.272. The summed E-state index contributed by atoms with van der Waals surface area (Å²) in [6.45, 7) is 3.46. The molecular weight excluding hydrogens is 474 g/mol. The van der Waals surface area contributed by atoms with E-state index in [1.165, 1.54) is 16.7 Å². The number of aliphatic hydroxyl groups excluding tert-OH is 1. The van der Waals surface area contributed by atoms with Gasteiger partial charge in [0, 0.05) is 19.3 Å². The zero-order valence-corrected chi connectivity index (χ0v) is 21.6. The van der Waals surface area contributed by atoms with Gasteiger partial charge in [0.15, 0.2) is 0 Å². The first-order valence-corrected chi connectivity index (χ1v) is 13.1. The smallest absolute Gasteiger partial charge is 0.327 e. The van der Waals surface area contributed by atoms with Gasteiger partial charge in [-0.3, -0.25) is 14.4 Å². The minimum absolute atomic E-state index is 0.0603. The molecule has 3 aromatic carbocycles. The molecule has 194 valence electrons. The van der Waals surface area contributed by atoms with Gasteiger partial charge in [0.1, 0.15) is 6.54 Å². The predicted molar refractivity (Wildman–Crippen MR) is 148 cm³/mol. The molecule has 6 nitrogen and oxygen atoms in total. The number of ether oxygens (including phenoxy) is 1. The van der Waals surface area contributed by atoms with Gasteiger partial charge in [-0.2, -0.15) is 5.10 Å². The summed E-state index contributed by atoms with van der Waals surface area (Å²) in [5.74, 6) is -0.322. The average Bonchev–Trinajstić information content (AvgIpc) is 3.39. The van der Waals surface area contributed by atoms with Crippen LogP contribution in [-0.2, 0) is 21.6 Å². The van der Waals surface area contributed by atoms with Crippen LogP contribution in [0.2, 0.25) is 0 Å². The number of hydrogen-bond donors (Lipinski definition) is 1. The Bertz CT molecular complexity index is 1270. The van der Waals surface area contributed by atoms with Gasteiger partial charge < -0.3 is 9.84 Å². The molecule has 0 saturated carbocycles. The van der Waals surface area contributed by atoms with E-state index in [1.54, 1.807) is 17.8 Å². The summed E-state index contributed by atoms with van der Waals surface area (Å²) in [5.41, 5.74) is 4.57. The van der Waals surface area contributed by atoms with Gasteiger partial charge in [0.25, 0.3) is 0 Å². The molecule has 1 N–H and O–H groups in total. The van der Waals surface area contributed by atoms with Gasteiger partial charge in [-0.25, -0.2) is 0 Å². The Morgan fingerprint density at radius 1 is 0.947 bits per heavy atom. The number of carbonyl (C=O) groups is 1. The standard InChI is InChI=1S/C32H33N3O3/c1-2-38-31(37)24-35-21-18-29(33-35)22-25-23-34(20-19-30(25)36)32(26-12-6-3-7-13-26,27-14-8-4-9-15-27)28-16-10-5-11-17-28/h3-18,21-22,30,36H,2,19-20,23-24H2,1H3/b25-22-. The lowest BCUT2D eigenvalue weighted by molar-refractivity contribution is -0.144. The fraction of sp³-hybridized carbons (Fsp3) is 0.250. The summed E-state index contributed by atoms with van der Waals surface area (Å²) in [6, 6.07) is 33.6. The van der Waals surface area contributed by atoms with Crippen molar-refractivity contribution < 1.29 is 14.6 Å². The van der Waals surface area contributed by atoms with E-state index in [-0.39, 0.29) is 12.5 Å². The van der Waals surface area contributed by atoms with Crippen LogP contribution in [0, 0.1) is 0 Å². The van der Waals surface area contributed by atoms with E-state index in [2.05, 4.69) is 82.8 Å². The molecule has 5 rings (SSSR count). The van der Waals surface area contributed by atoms with Crippen molar-refractivity contribution in [3.8, 4) is 0 Å². The zero-order chi connectivity index (χ0) is 26.4. The minimum Gasteiger partial charge on any atom is -0.465 e. The number of aromatic nitrogens is 2. The maximum atomic E-state index is 11.9. The van der Waals surface area contributed by atoms with Crippen molar-refractivity contribution in [2.45, 2.75) is 31.5 Å². The third-order valence-corrected chi connectivity index (χ3v) is 7.11. The van der Waals surface area contributed by atoms with Gasteiger partial charge in [-0.1, -0.05) is 91.0 Å². The summed E-state index contributed by atoms with van der Waals surface area (Å²) in [4.78, 5) is 14.3. The molecule has 6 heteroatoms. The Labute approximate surface area is 223 Å². The fourth-order valence-corrected chi connectivity index (χ4v) is 5.45. The highest BCUT2D eigenvalue weighted by Crippen LogP contribution is 2.44. The van der Waals surface area contributed by atoms with Crippen LogP contribution >= 0.6 is 0 Å². The lowest BCUT2D eigenvalue weighted by Crippen LogP contribution is -2.52. The molecule has 0 aliphatic carbocycles. The maximum Gasteiger partial charge on any atom is 0.327 e. The summed E-state index contributed by atoms with van der Waals surface area (Å²) < 4.78 is 6.61. The molecule has 4 aromatic rings. The Morgan fingerprint density at radius 2 is 1.50 bits per heavy atom. The number of rotatable bonds is 8. The van der Waals surface area contributed by atoms with Crippen LogP contribution in [0.4, 0.5) is 0 Å². The van der Waals surface area contributed by atoms with Gasteiger partial charge in [-0.15, -0.1) is 0 Å². The Balaban J connectivity index is 1.57. The van der Waals surface area contributed by atoms with Crippen LogP contribution in [0.25, 0.3) is 6.08 Å². The molecule has 1 aromatic heterocycles. The normalized spacial score (nSPS) is 17.4. The molecule has 38 heavy (non-hydrogen) atoms. The van der Waals surface area contributed by atoms with Gasteiger partial charge in [-0.05, 0) is 47.8 Å². The molecule has 0 radical (unpaired) electrons. The van der Waals surface area contributed by atoms with Gasteiger partial charge >= 0.3 is 5.97 Å². The van der Waals surface area contributed by atoms with Gasteiger partial charge in [0.05, 0.1) is 23.9 Å². The van der Waals surface area contributed by atoms with E-state index >= 15 is 0 Å². The number of aliphatic hydroxyl groups is 1. The van der Waals surface area contributed by atoms with Crippen LogP contribution in [0.1, 0.15) is 35.7 Å². The lowest BCUT2D eigenvalue weighted by Gasteiger charge is -2.48. The maximum absolute atomic E-state index is 11.9. The van der Waals surface area contributed by atoms with Crippen LogP contribution < -0.4 is 0 Å². The fourth-order valence-electron chi connectivity index (χ4n) is 5.45. The third kappa shape index (κ3) is 5.19. The molecule has 0 amide bonds. The molecule has 0 bridgehead atoms. The molecule has 1 saturated heterocycles. The van der Waals surface area contributed by atoms with E-state index in [0.29, 0.717) is 31.8 Å². The third-order valence-electron chi connectivity index (χ3n) is 7.11. The topological polar surface area (TPSA) is 67.6 Å². The molecule has 2 heterocycles.